The zero-order chi connectivity index (χ0) is 14.1. The van der Waals surface area contributed by atoms with Gasteiger partial charge in [0.2, 0.25) is 0 Å². The number of benzene rings is 1. The van der Waals surface area contributed by atoms with Crippen LogP contribution in [0.1, 0.15) is 64.0 Å². The molecule has 0 bridgehead atoms. The van der Waals surface area contributed by atoms with Crippen LogP contribution in [-0.4, -0.2) is 11.7 Å². The second-order valence-corrected chi connectivity index (χ2v) is 7.00. The van der Waals surface area contributed by atoms with Gasteiger partial charge in [-0.1, -0.05) is 58.2 Å². The summed E-state index contributed by atoms with van der Waals surface area (Å²) in [5, 5.41) is 10.7. The largest absolute Gasteiger partial charge is 0.507 e. The number of para-hydroxylation sites is 1. The highest BCUT2D eigenvalue weighted by Crippen LogP contribution is 2.45. The number of hydrogen-bond acceptors (Lipinski definition) is 2. The van der Waals surface area contributed by atoms with E-state index in [0.29, 0.717) is 12.3 Å². The molecular weight excluding hydrogens is 234 g/mol. The van der Waals surface area contributed by atoms with E-state index in [0.717, 1.165) is 24.0 Å². The van der Waals surface area contributed by atoms with Gasteiger partial charge in [-0.2, -0.15) is 0 Å². The fourth-order valence-electron chi connectivity index (χ4n) is 3.39. The number of aromatic hydroxyl groups is 1. The lowest BCUT2D eigenvalue weighted by Gasteiger charge is -2.38. The van der Waals surface area contributed by atoms with Gasteiger partial charge in [-0.15, -0.1) is 0 Å². The number of phenols is 1. The number of nitrogens with two attached hydrogens (primary N) is 1. The highest BCUT2D eigenvalue weighted by Gasteiger charge is 2.36. The first-order valence-corrected chi connectivity index (χ1v) is 7.44. The Balaban J connectivity index is 2.50. The molecule has 1 aliphatic carbocycles. The van der Waals surface area contributed by atoms with Crippen LogP contribution in [0.3, 0.4) is 0 Å². The van der Waals surface area contributed by atoms with Crippen LogP contribution in [0.15, 0.2) is 18.2 Å². The molecule has 0 spiro atoms. The molecule has 1 aromatic carbocycles. The first kappa shape index (κ1) is 14.4. The van der Waals surface area contributed by atoms with Crippen LogP contribution < -0.4 is 5.73 Å². The molecular formula is C17H27NO. The second-order valence-electron chi connectivity index (χ2n) is 7.00. The molecule has 3 N–H and O–H groups in total. The number of hydrogen-bond donors (Lipinski definition) is 2. The zero-order valence-corrected chi connectivity index (χ0v) is 12.5. The molecule has 0 amide bonds. The standard InChI is InChI=1S/C17H27NO/c1-16(2,3)13-8-7-9-14(15(13)19)17(12-18)10-5-4-6-11-17/h7-9,19H,4-6,10-12,18H2,1-3H3. The minimum absolute atomic E-state index is 0.0103. The van der Waals surface area contributed by atoms with Crippen LogP contribution in [0.25, 0.3) is 0 Å². The average Bonchev–Trinajstić information content (AvgIpc) is 2.38. The van der Waals surface area contributed by atoms with Gasteiger partial charge in [-0.05, 0) is 23.8 Å². The third-order valence-corrected chi connectivity index (χ3v) is 4.62. The minimum atomic E-state index is -0.0372. The van der Waals surface area contributed by atoms with Crippen molar-refractivity contribution in [2.24, 2.45) is 5.73 Å². The summed E-state index contributed by atoms with van der Waals surface area (Å²) in [5.74, 6) is 0.474. The SMILES string of the molecule is CC(C)(C)c1cccc(C2(CN)CCCCC2)c1O. The summed E-state index contributed by atoms with van der Waals surface area (Å²) in [6.45, 7) is 7.06. The second kappa shape index (κ2) is 5.16. The van der Waals surface area contributed by atoms with Crippen LogP contribution in [0.2, 0.25) is 0 Å². The number of rotatable bonds is 2. The molecule has 106 valence electrons. The summed E-state index contributed by atoms with van der Waals surface area (Å²) in [4.78, 5) is 0. The minimum Gasteiger partial charge on any atom is -0.507 e. The first-order chi connectivity index (χ1) is 8.91. The molecule has 1 saturated carbocycles. The molecule has 0 heterocycles. The van der Waals surface area contributed by atoms with E-state index in [1.807, 2.05) is 6.07 Å². The van der Waals surface area contributed by atoms with Crippen molar-refractivity contribution in [3.63, 3.8) is 0 Å². The Morgan fingerprint density at radius 3 is 2.32 bits per heavy atom. The molecule has 0 aromatic heterocycles. The maximum Gasteiger partial charge on any atom is 0.123 e. The average molecular weight is 261 g/mol. The topological polar surface area (TPSA) is 46.2 Å². The van der Waals surface area contributed by atoms with E-state index in [2.05, 4.69) is 32.9 Å². The molecule has 0 saturated heterocycles. The Morgan fingerprint density at radius 2 is 1.79 bits per heavy atom. The van der Waals surface area contributed by atoms with Gasteiger partial charge in [0, 0.05) is 17.5 Å². The number of phenolic OH excluding ortho intramolecular Hbond substituents is 1. The Bertz CT molecular complexity index is 439. The zero-order valence-electron chi connectivity index (χ0n) is 12.5. The summed E-state index contributed by atoms with van der Waals surface area (Å²) < 4.78 is 0. The van der Waals surface area contributed by atoms with Crippen molar-refractivity contribution in [3.8, 4) is 5.75 Å². The summed E-state index contributed by atoms with van der Waals surface area (Å²) in [6.07, 6.45) is 5.93. The lowest BCUT2D eigenvalue weighted by molar-refractivity contribution is 0.289. The van der Waals surface area contributed by atoms with E-state index in [9.17, 15) is 5.11 Å². The van der Waals surface area contributed by atoms with E-state index in [4.69, 9.17) is 5.73 Å². The Morgan fingerprint density at radius 1 is 1.16 bits per heavy atom. The Labute approximate surface area is 117 Å². The van der Waals surface area contributed by atoms with Crippen LogP contribution in [0, 0.1) is 0 Å². The van der Waals surface area contributed by atoms with Crippen LogP contribution >= 0.6 is 0 Å². The van der Waals surface area contributed by atoms with Crippen LogP contribution in [0.5, 0.6) is 5.75 Å². The molecule has 1 aromatic rings. The molecule has 0 unspecified atom stereocenters. The van der Waals surface area contributed by atoms with Crippen molar-refractivity contribution in [1.29, 1.82) is 0 Å². The fourth-order valence-corrected chi connectivity index (χ4v) is 3.39. The van der Waals surface area contributed by atoms with Crippen molar-refractivity contribution >= 4 is 0 Å². The van der Waals surface area contributed by atoms with E-state index < -0.39 is 0 Å². The quantitative estimate of drug-likeness (QED) is 0.849. The van der Waals surface area contributed by atoms with Crippen molar-refractivity contribution in [2.75, 3.05) is 6.54 Å². The lowest BCUT2D eigenvalue weighted by Crippen LogP contribution is -2.37. The van der Waals surface area contributed by atoms with E-state index >= 15 is 0 Å². The molecule has 0 radical (unpaired) electrons. The third-order valence-electron chi connectivity index (χ3n) is 4.62. The highest BCUT2D eigenvalue weighted by molar-refractivity contribution is 5.48. The monoisotopic (exact) mass is 261 g/mol. The van der Waals surface area contributed by atoms with Crippen molar-refractivity contribution in [3.05, 3.63) is 29.3 Å². The van der Waals surface area contributed by atoms with Crippen molar-refractivity contribution < 1.29 is 5.11 Å². The van der Waals surface area contributed by atoms with Gasteiger partial charge in [-0.3, -0.25) is 0 Å². The van der Waals surface area contributed by atoms with Gasteiger partial charge in [0.1, 0.15) is 5.75 Å². The maximum absolute atomic E-state index is 10.7. The summed E-state index contributed by atoms with van der Waals surface area (Å²) in [7, 11) is 0. The first-order valence-electron chi connectivity index (χ1n) is 7.44. The molecule has 1 fully saturated rings. The van der Waals surface area contributed by atoms with Crippen molar-refractivity contribution in [2.45, 2.75) is 63.7 Å². The normalized spacial score (nSPS) is 19.4. The lowest BCUT2D eigenvalue weighted by atomic mass is 9.68. The predicted molar refractivity (Wildman–Crippen MR) is 80.6 cm³/mol. The summed E-state index contributed by atoms with van der Waals surface area (Å²) in [5.41, 5.74) is 8.14. The summed E-state index contributed by atoms with van der Waals surface area (Å²) in [6, 6.07) is 6.18. The smallest absolute Gasteiger partial charge is 0.123 e. The molecule has 1 aliphatic rings. The molecule has 0 atom stereocenters. The molecule has 2 nitrogen and oxygen atoms in total. The third kappa shape index (κ3) is 2.64. The van der Waals surface area contributed by atoms with Gasteiger partial charge < -0.3 is 10.8 Å². The molecule has 19 heavy (non-hydrogen) atoms. The maximum atomic E-state index is 10.7. The van der Waals surface area contributed by atoms with Gasteiger partial charge in [0.15, 0.2) is 0 Å². The van der Waals surface area contributed by atoms with Gasteiger partial charge in [0.25, 0.3) is 0 Å². The Kier molecular flexibility index (Phi) is 3.91. The fraction of sp³-hybridized carbons (Fsp3) is 0.647. The molecule has 2 rings (SSSR count). The van der Waals surface area contributed by atoms with E-state index in [-0.39, 0.29) is 10.8 Å². The van der Waals surface area contributed by atoms with Gasteiger partial charge >= 0.3 is 0 Å². The van der Waals surface area contributed by atoms with Gasteiger partial charge in [-0.25, -0.2) is 0 Å². The van der Waals surface area contributed by atoms with Crippen molar-refractivity contribution in [1.82, 2.24) is 0 Å². The Hall–Kier alpha value is -1.02. The predicted octanol–water partition coefficient (Wildman–Crippen LogP) is 3.85. The van der Waals surface area contributed by atoms with E-state index in [1.165, 1.54) is 19.3 Å². The highest BCUT2D eigenvalue weighted by atomic mass is 16.3. The van der Waals surface area contributed by atoms with Gasteiger partial charge in [0.05, 0.1) is 0 Å². The van der Waals surface area contributed by atoms with Crippen LogP contribution in [0.4, 0.5) is 0 Å². The molecule has 0 aliphatic heterocycles. The molecule has 2 heteroatoms. The van der Waals surface area contributed by atoms with E-state index in [1.54, 1.807) is 0 Å². The van der Waals surface area contributed by atoms with Crippen LogP contribution in [-0.2, 0) is 10.8 Å². The summed E-state index contributed by atoms with van der Waals surface area (Å²) >= 11 is 0.